The van der Waals surface area contributed by atoms with E-state index < -0.39 is 0 Å². The van der Waals surface area contributed by atoms with Crippen LogP contribution in [0.1, 0.15) is 37.0 Å². The van der Waals surface area contributed by atoms with Crippen molar-refractivity contribution in [3.05, 3.63) is 35.9 Å². The predicted molar refractivity (Wildman–Crippen MR) is 93.6 cm³/mol. The van der Waals surface area contributed by atoms with Crippen molar-refractivity contribution >= 4 is 24.2 Å². The van der Waals surface area contributed by atoms with E-state index in [4.69, 9.17) is 5.73 Å². The van der Waals surface area contributed by atoms with Gasteiger partial charge in [-0.3, -0.25) is 9.59 Å². The van der Waals surface area contributed by atoms with Crippen molar-refractivity contribution < 1.29 is 9.59 Å². The number of nitrogens with one attached hydrogen (secondary N) is 1. The minimum atomic E-state index is -0.157. The zero-order valence-electron chi connectivity index (χ0n) is 13.7. The number of hydrogen-bond acceptors (Lipinski definition) is 3. The van der Waals surface area contributed by atoms with Crippen LogP contribution >= 0.6 is 12.4 Å². The molecule has 1 aromatic rings. The predicted octanol–water partition coefficient (Wildman–Crippen LogP) is 1.81. The zero-order valence-corrected chi connectivity index (χ0v) is 14.5. The van der Waals surface area contributed by atoms with Crippen LogP contribution in [0.4, 0.5) is 0 Å². The summed E-state index contributed by atoms with van der Waals surface area (Å²) in [6, 6.07) is 9.19. The second kappa shape index (κ2) is 8.89. The van der Waals surface area contributed by atoms with Crippen LogP contribution in [0.2, 0.25) is 0 Å². The molecule has 3 N–H and O–H groups in total. The number of hydrogen-bond donors (Lipinski definition) is 2. The van der Waals surface area contributed by atoms with Gasteiger partial charge in [0.05, 0.1) is 5.92 Å². The number of nitrogens with two attached hydrogens (primary N) is 1. The summed E-state index contributed by atoms with van der Waals surface area (Å²) in [7, 11) is 0. The lowest BCUT2D eigenvalue weighted by Crippen LogP contribution is -2.49. The minimum absolute atomic E-state index is 0. The Morgan fingerprint density at radius 1 is 1.17 bits per heavy atom. The molecule has 1 aliphatic rings. The number of rotatable bonds is 4. The number of amides is 2. The third kappa shape index (κ3) is 5.22. The Morgan fingerprint density at radius 3 is 2.26 bits per heavy atom. The quantitative estimate of drug-likeness (QED) is 0.878. The van der Waals surface area contributed by atoms with Crippen molar-refractivity contribution in [3.8, 4) is 0 Å². The molecule has 0 bridgehead atoms. The fourth-order valence-corrected chi connectivity index (χ4v) is 2.62. The number of benzene rings is 1. The second-order valence-electron chi connectivity index (χ2n) is 6.09. The smallest absolute Gasteiger partial charge is 0.251 e. The largest absolute Gasteiger partial charge is 0.349 e. The summed E-state index contributed by atoms with van der Waals surface area (Å²) in [6.45, 7) is 5.08. The maximum absolute atomic E-state index is 12.2. The van der Waals surface area contributed by atoms with Crippen molar-refractivity contribution in [1.29, 1.82) is 0 Å². The van der Waals surface area contributed by atoms with Gasteiger partial charge in [-0.05, 0) is 31.9 Å². The summed E-state index contributed by atoms with van der Waals surface area (Å²) < 4.78 is 0. The number of piperidine rings is 1. The van der Waals surface area contributed by atoms with Crippen LogP contribution in [-0.2, 0) is 4.79 Å². The molecule has 2 rings (SSSR count). The summed E-state index contributed by atoms with van der Waals surface area (Å²) in [4.78, 5) is 26.2. The fraction of sp³-hybridized carbons (Fsp3) is 0.529. The van der Waals surface area contributed by atoms with Gasteiger partial charge in [0.15, 0.2) is 0 Å². The Labute approximate surface area is 144 Å². The summed E-state index contributed by atoms with van der Waals surface area (Å²) in [5.74, 6) is -0.0902. The Balaban J connectivity index is 0.00000264. The van der Waals surface area contributed by atoms with Crippen LogP contribution in [0.5, 0.6) is 0 Å². The Hall–Kier alpha value is -1.59. The Morgan fingerprint density at radius 2 is 1.74 bits per heavy atom. The van der Waals surface area contributed by atoms with E-state index in [1.54, 1.807) is 12.1 Å². The lowest BCUT2D eigenvalue weighted by Gasteiger charge is -2.34. The summed E-state index contributed by atoms with van der Waals surface area (Å²) >= 11 is 0. The molecular formula is C17H26ClN3O2. The van der Waals surface area contributed by atoms with Crippen LogP contribution in [0.15, 0.2) is 30.3 Å². The molecule has 1 aliphatic heterocycles. The first kappa shape index (κ1) is 19.5. The molecule has 0 radical (unpaired) electrons. The van der Waals surface area contributed by atoms with Gasteiger partial charge in [-0.2, -0.15) is 0 Å². The van der Waals surface area contributed by atoms with Crippen molar-refractivity contribution in [2.24, 2.45) is 11.7 Å². The highest BCUT2D eigenvalue weighted by atomic mass is 35.5. The summed E-state index contributed by atoms with van der Waals surface area (Å²) in [5.41, 5.74) is 6.47. The van der Waals surface area contributed by atoms with Crippen LogP contribution in [0.3, 0.4) is 0 Å². The molecule has 1 aromatic carbocycles. The molecule has 2 amide bonds. The van der Waals surface area contributed by atoms with E-state index in [0.717, 1.165) is 12.8 Å². The lowest BCUT2D eigenvalue weighted by molar-refractivity contribution is -0.136. The highest BCUT2D eigenvalue weighted by Gasteiger charge is 2.28. The molecule has 0 aliphatic carbocycles. The molecular weight excluding hydrogens is 314 g/mol. The molecule has 1 heterocycles. The van der Waals surface area contributed by atoms with Gasteiger partial charge in [-0.15, -0.1) is 12.4 Å². The minimum Gasteiger partial charge on any atom is -0.349 e. The van der Waals surface area contributed by atoms with Gasteiger partial charge in [0, 0.05) is 30.7 Å². The van der Waals surface area contributed by atoms with Crippen LogP contribution in [0, 0.1) is 5.92 Å². The lowest BCUT2D eigenvalue weighted by atomic mass is 9.99. The third-order valence-corrected chi connectivity index (χ3v) is 4.36. The molecule has 1 saturated heterocycles. The first-order valence-electron chi connectivity index (χ1n) is 7.89. The zero-order chi connectivity index (χ0) is 16.1. The van der Waals surface area contributed by atoms with Gasteiger partial charge < -0.3 is 16.0 Å². The van der Waals surface area contributed by atoms with Gasteiger partial charge in [0.25, 0.3) is 5.91 Å². The number of nitrogens with zero attached hydrogens (tertiary/aromatic N) is 1. The third-order valence-electron chi connectivity index (χ3n) is 4.36. The monoisotopic (exact) mass is 339 g/mol. The molecule has 0 spiro atoms. The second-order valence-corrected chi connectivity index (χ2v) is 6.09. The van der Waals surface area contributed by atoms with Crippen LogP contribution in [-0.4, -0.2) is 41.9 Å². The van der Waals surface area contributed by atoms with Gasteiger partial charge in [-0.1, -0.05) is 25.1 Å². The number of carbonyl (C=O) groups is 2. The first-order valence-corrected chi connectivity index (χ1v) is 7.89. The molecule has 0 saturated carbocycles. The molecule has 128 valence electrons. The number of likely N-dealkylation sites (tertiary alicyclic amines) is 1. The SMILES string of the molecule is CC(N)C(C)C(=O)N1CCC(NC(=O)c2ccccc2)CC1.Cl. The maximum Gasteiger partial charge on any atom is 0.251 e. The van der Waals surface area contributed by atoms with Gasteiger partial charge in [0.2, 0.25) is 5.91 Å². The van der Waals surface area contributed by atoms with Crippen LogP contribution < -0.4 is 11.1 Å². The molecule has 5 nitrogen and oxygen atoms in total. The molecule has 2 atom stereocenters. The van der Waals surface area contributed by atoms with Gasteiger partial charge in [-0.25, -0.2) is 0 Å². The van der Waals surface area contributed by atoms with Crippen LogP contribution in [0.25, 0.3) is 0 Å². The van der Waals surface area contributed by atoms with E-state index in [1.807, 2.05) is 36.9 Å². The highest BCUT2D eigenvalue weighted by molar-refractivity contribution is 5.94. The van der Waals surface area contributed by atoms with Gasteiger partial charge >= 0.3 is 0 Å². The Kier molecular flexibility index (Phi) is 7.52. The first-order chi connectivity index (χ1) is 10.5. The highest BCUT2D eigenvalue weighted by Crippen LogP contribution is 2.15. The molecule has 6 heteroatoms. The van der Waals surface area contributed by atoms with E-state index in [2.05, 4.69) is 5.32 Å². The molecule has 2 unspecified atom stereocenters. The van der Waals surface area contributed by atoms with E-state index in [-0.39, 0.29) is 42.2 Å². The fourth-order valence-electron chi connectivity index (χ4n) is 2.62. The number of carbonyl (C=O) groups excluding carboxylic acids is 2. The summed E-state index contributed by atoms with van der Waals surface area (Å²) in [6.07, 6.45) is 1.58. The van der Waals surface area contributed by atoms with E-state index in [0.29, 0.717) is 18.7 Å². The maximum atomic E-state index is 12.2. The van der Waals surface area contributed by atoms with E-state index in [9.17, 15) is 9.59 Å². The number of halogens is 1. The standard InChI is InChI=1S/C17H25N3O2.ClH/c1-12(13(2)18)17(22)20-10-8-15(9-11-20)19-16(21)14-6-4-3-5-7-14;/h3-7,12-13,15H,8-11,18H2,1-2H3,(H,19,21);1H. The van der Waals surface area contributed by atoms with Crippen molar-refractivity contribution in [1.82, 2.24) is 10.2 Å². The topological polar surface area (TPSA) is 75.4 Å². The molecule has 1 fully saturated rings. The average molecular weight is 340 g/mol. The molecule has 23 heavy (non-hydrogen) atoms. The summed E-state index contributed by atoms with van der Waals surface area (Å²) in [5, 5.41) is 3.05. The van der Waals surface area contributed by atoms with Gasteiger partial charge in [0.1, 0.15) is 0 Å². The normalized spacial score (nSPS) is 17.8. The van der Waals surface area contributed by atoms with E-state index in [1.165, 1.54) is 0 Å². The van der Waals surface area contributed by atoms with Crippen molar-refractivity contribution in [3.63, 3.8) is 0 Å². The Bertz CT molecular complexity index is 514. The average Bonchev–Trinajstić information content (AvgIpc) is 2.55. The van der Waals surface area contributed by atoms with Crippen molar-refractivity contribution in [2.75, 3.05) is 13.1 Å². The van der Waals surface area contributed by atoms with Crippen molar-refractivity contribution in [2.45, 2.75) is 38.8 Å². The molecule has 0 aromatic heterocycles. The van der Waals surface area contributed by atoms with E-state index >= 15 is 0 Å².